The largest absolute Gasteiger partial charge is 0.502 e. The van der Waals surface area contributed by atoms with Crippen LogP contribution in [-0.2, 0) is 11.3 Å². The van der Waals surface area contributed by atoms with E-state index in [1.54, 1.807) is 12.1 Å². The number of aromatic hydroxyl groups is 1. The van der Waals surface area contributed by atoms with Gasteiger partial charge in [0.1, 0.15) is 5.67 Å². The Balaban J connectivity index is 1.50. The molecule has 2 atom stereocenters. The predicted octanol–water partition coefficient (Wildman–Crippen LogP) is 3.33. The second kappa shape index (κ2) is 6.03. The molecule has 0 unspecified atom stereocenters. The van der Waals surface area contributed by atoms with Crippen LogP contribution < -0.4 is 14.8 Å². The first kappa shape index (κ1) is 17.4. The SMILES string of the molecule is COc1cc(CNC(=O)C23C[C@H]4C[C@@H](CC(F)(C4)C2)C3)cc(OC)c1O. The summed E-state index contributed by atoms with van der Waals surface area (Å²) < 4.78 is 25.4. The second-order valence-corrected chi connectivity index (χ2v) is 8.42. The lowest BCUT2D eigenvalue weighted by molar-refractivity contribution is -0.160. The fourth-order valence-corrected chi connectivity index (χ4v) is 5.84. The Morgan fingerprint density at radius 3 is 2.27 bits per heavy atom. The third kappa shape index (κ3) is 2.79. The highest BCUT2D eigenvalue weighted by atomic mass is 19.1. The molecule has 0 heterocycles. The van der Waals surface area contributed by atoms with Crippen LogP contribution in [0.3, 0.4) is 0 Å². The molecule has 2 N–H and O–H groups in total. The van der Waals surface area contributed by atoms with Crippen molar-refractivity contribution >= 4 is 5.91 Å². The van der Waals surface area contributed by atoms with Crippen molar-refractivity contribution < 1.29 is 23.8 Å². The van der Waals surface area contributed by atoms with Crippen LogP contribution in [-0.4, -0.2) is 30.9 Å². The molecular weight excluding hydrogens is 337 g/mol. The summed E-state index contributed by atoms with van der Waals surface area (Å²) in [6, 6.07) is 3.35. The number of ether oxygens (including phenoxy) is 2. The summed E-state index contributed by atoms with van der Waals surface area (Å²) in [6.45, 7) is 0.294. The second-order valence-electron chi connectivity index (χ2n) is 8.42. The third-order valence-corrected chi connectivity index (χ3v) is 6.46. The molecule has 1 aromatic carbocycles. The van der Waals surface area contributed by atoms with Gasteiger partial charge in [-0.25, -0.2) is 4.39 Å². The molecule has 4 bridgehead atoms. The lowest BCUT2D eigenvalue weighted by Crippen LogP contribution is -2.58. The van der Waals surface area contributed by atoms with Gasteiger partial charge in [0.2, 0.25) is 11.7 Å². The zero-order valence-electron chi connectivity index (χ0n) is 15.3. The van der Waals surface area contributed by atoms with Gasteiger partial charge < -0.3 is 19.9 Å². The monoisotopic (exact) mass is 363 g/mol. The topological polar surface area (TPSA) is 67.8 Å². The van der Waals surface area contributed by atoms with Gasteiger partial charge in [-0.1, -0.05) is 0 Å². The van der Waals surface area contributed by atoms with Gasteiger partial charge in [-0.05, 0) is 68.1 Å². The first-order valence-corrected chi connectivity index (χ1v) is 9.27. The molecule has 0 saturated heterocycles. The van der Waals surface area contributed by atoms with E-state index in [2.05, 4.69) is 5.32 Å². The number of nitrogens with one attached hydrogen (secondary N) is 1. The highest BCUT2D eigenvalue weighted by molar-refractivity contribution is 5.83. The molecule has 142 valence electrons. The van der Waals surface area contributed by atoms with E-state index >= 15 is 4.39 Å². The van der Waals surface area contributed by atoms with Crippen LogP contribution in [0.5, 0.6) is 17.2 Å². The van der Waals surface area contributed by atoms with Crippen molar-refractivity contribution in [2.45, 2.75) is 50.7 Å². The molecule has 0 spiro atoms. The van der Waals surface area contributed by atoms with Gasteiger partial charge in [0.15, 0.2) is 11.5 Å². The average Bonchev–Trinajstić information content (AvgIpc) is 2.58. The fraction of sp³-hybridized carbons (Fsp3) is 0.650. The number of hydrogen-bond acceptors (Lipinski definition) is 4. The van der Waals surface area contributed by atoms with Gasteiger partial charge >= 0.3 is 0 Å². The number of amides is 1. The van der Waals surface area contributed by atoms with E-state index in [-0.39, 0.29) is 11.7 Å². The summed E-state index contributed by atoms with van der Waals surface area (Å²) in [5.74, 6) is 1.18. The standard InChI is InChI=1S/C20H26FNO4/c1-25-15-4-12(5-16(26-2)17(15)23)10-22-18(24)19-6-13-3-14(7-19)9-20(21,8-13)11-19/h4-5,13-14,23H,3,6-11H2,1-2H3,(H,22,24)/t13-,14-,19?,20?/m1/s1. The maximum absolute atomic E-state index is 15.1. The van der Waals surface area contributed by atoms with Crippen LogP contribution in [0.4, 0.5) is 4.39 Å². The van der Waals surface area contributed by atoms with Crippen molar-refractivity contribution in [3.63, 3.8) is 0 Å². The molecule has 0 radical (unpaired) electrons. The maximum atomic E-state index is 15.1. The minimum absolute atomic E-state index is 0.0420. The number of carbonyl (C=O) groups is 1. The molecule has 4 fully saturated rings. The fourth-order valence-electron chi connectivity index (χ4n) is 5.84. The van der Waals surface area contributed by atoms with Gasteiger partial charge in [-0.15, -0.1) is 0 Å². The minimum atomic E-state index is -1.15. The Morgan fingerprint density at radius 1 is 1.19 bits per heavy atom. The number of methoxy groups -OCH3 is 2. The number of carbonyl (C=O) groups excluding carboxylic acids is 1. The van der Waals surface area contributed by atoms with E-state index in [1.165, 1.54) is 14.2 Å². The number of phenolic OH excluding ortho intramolecular Hbond substituents is 1. The number of benzene rings is 1. The van der Waals surface area contributed by atoms with Crippen molar-refractivity contribution in [1.29, 1.82) is 0 Å². The summed E-state index contributed by atoms with van der Waals surface area (Å²) in [5.41, 5.74) is -0.930. The Bertz CT molecular complexity index is 696. The van der Waals surface area contributed by atoms with Gasteiger partial charge in [0, 0.05) is 6.54 Å². The quantitative estimate of drug-likeness (QED) is 0.842. The van der Waals surface area contributed by atoms with E-state index in [9.17, 15) is 9.90 Å². The van der Waals surface area contributed by atoms with Crippen LogP contribution in [0.1, 0.15) is 44.1 Å². The van der Waals surface area contributed by atoms with Gasteiger partial charge in [-0.3, -0.25) is 4.79 Å². The molecular formula is C20H26FNO4. The van der Waals surface area contributed by atoms with Crippen molar-refractivity contribution in [2.75, 3.05) is 14.2 Å². The predicted molar refractivity (Wildman–Crippen MR) is 94.0 cm³/mol. The molecule has 5 nitrogen and oxygen atoms in total. The molecule has 4 saturated carbocycles. The summed E-state index contributed by atoms with van der Waals surface area (Å²) >= 11 is 0. The number of hydrogen-bond donors (Lipinski definition) is 2. The summed E-state index contributed by atoms with van der Waals surface area (Å²) in [7, 11) is 2.93. The Labute approximate surface area is 152 Å². The highest BCUT2D eigenvalue weighted by Crippen LogP contribution is 2.63. The van der Waals surface area contributed by atoms with Crippen molar-refractivity contribution in [3.05, 3.63) is 17.7 Å². The van der Waals surface area contributed by atoms with Crippen LogP contribution in [0.15, 0.2) is 12.1 Å². The molecule has 1 aromatic rings. The molecule has 4 aliphatic rings. The highest BCUT2D eigenvalue weighted by Gasteiger charge is 2.61. The van der Waals surface area contributed by atoms with E-state index in [4.69, 9.17) is 9.47 Å². The van der Waals surface area contributed by atoms with Crippen molar-refractivity contribution in [1.82, 2.24) is 5.32 Å². The number of alkyl halides is 1. The Morgan fingerprint density at radius 2 is 1.77 bits per heavy atom. The molecule has 6 heteroatoms. The molecule has 0 aromatic heterocycles. The van der Waals surface area contributed by atoms with E-state index in [0.29, 0.717) is 49.1 Å². The molecule has 4 aliphatic carbocycles. The smallest absolute Gasteiger partial charge is 0.226 e. The maximum Gasteiger partial charge on any atom is 0.226 e. The zero-order valence-corrected chi connectivity index (χ0v) is 15.3. The number of phenols is 1. The summed E-state index contributed by atoms with van der Waals surface area (Å²) in [4.78, 5) is 13.0. The van der Waals surface area contributed by atoms with E-state index in [1.807, 2.05) is 0 Å². The van der Waals surface area contributed by atoms with Crippen LogP contribution in [0.2, 0.25) is 0 Å². The van der Waals surface area contributed by atoms with Gasteiger partial charge in [-0.2, -0.15) is 0 Å². The third-order valence-electron chi connectivity index (χ3n) is 6.46. The summed E-state index contributed by atoms with van der Waals surface area (Å²) in [5, 5.41) is 13.0. The lowest BCUT2D eigenvalue weighted by Gasteiger charge is -2.58. The van der Waals surface area contributed by atoms with E-state index in [0.717, 1.165) is 24.8 Å². The normalized spacial score (nSPS) is 34.6. The van der Waals surface area contributed by atoms with Gasteiger partial charge in [0.05, 0.1) is 19.6 Å². The average molecular weight is 363 g/mol. The summed E-state index contributed by atoms with van der Waals surface area (Å²) in [6.07, 6.45) is 4.32. The van der Waals surface area contributed by atoms with Crippen LogP contribution in [0, 0.1) is 17.3 Å². The number of rotatable bonds is 5. The molecule has 0 aliphatic heterocycles. The number of halogens is 1. The van der Waals surface area contributed by atoms with Crippen LogP contribution in [0.25, 0.3) is 0 Å². The van der Waals surface area contributed by atoms with Crippen molar-refractivity contribution in [2.24, 2.45) is 17.3 Å². The van der Waals surface area contributed by atoms with Gasteiger partial charge in [0.25, 0.3) is 0 Å². The van der Waals surface area contributed by atoms with Crippen molar-refractivity contribution in [3.8, 4) is 17.2 Å². The lowest BCUT2D eigenvalue weighted by atomic mass is 9.48. The Hall–Kier alpha value is -1.98. The molecule has 26 heavy (non-hydrogen) atoms. The van der Waals surface area contributed by atoms with Crippen LogP contribution >= 0.6 is 0 Å². The first-order valence-electron chi connectivity index (χ1n) is 9.27. The molecule has 5 rings (SSSR count). The zero-order chi connectivity index (χ0) is 18.5. The molecule has 1 amide bonds. The first-order chi connectivity index (χ1) is 12.4. The minimum Gasteiger partial charge on any atom is -0.502 e. The Kier molecular flexibility index (Phi) is 4.04. The van der Waals surface area contributed by atoms with E-state index < -0.39 is 11.1 Å².